The monoisotopic (exact) mass is 288 g/mol. The molecule has 1 heterocycles. The minimum absolute atomic E-state index is 0.0358. The highest BCUT2D eigenvalue weighted by Gasteiger charge is 2.48. The maximum atomic E-state index is 11.9. The van der Waals surface area contributed by atoms with E-state index in [4.69, 9.17) is 4.74 Å². The molecule has 1 saturated carbocycles. The first-order chi connectivity index (χ1) is 9.79. The second kappa shape index (κ2) is 4.48. The quantitative estimate of drug-likeness (QED) is 0.835. The van der Waals surface area contributed by atoms with Gasteiger partial charge < -0.3 is 10.1 Å². The van der Waals surface area contributed by atoms with E-state index in [0.29, 0.717) is 17.8 Å². The Balaban J connectivity index is 1.83. The third-order valence-electron chi connectivity index (χ3n) is 3.92. The lowest BCUT2D eigenvalue weighted by Crippen LogP contribution is -2.39. The summed E-state index contributed by atoms with van der Waals surface area (Å²) < 4.78 is 5.25. The highest BCUT2D eigenvalue weighted by atomic mass is 16.6. The average Bonchev–Trinajstić information content (AvgIpc) is 3.13. The first-order valence-electron chi connectivity index (χ1n) is 7.22. The molecule has 0 bridgehead atoms. The van der Waals surface area contributed by atoms with Gasteiger partial charge in [0.2, 0.25) is 0 Å². The number of benzene rings is 1. The summed E-state index contributed by atoms with van der Waals surface area (Å²) in [6, 6.07) is 5.42. The van der Waals surface area contributed by atoms with Crippen LogP contribution in [0.4, 0.5) is 10.5 Å². The zero-order chi connectivity index (χ0) is 15.3. The summed E-state index contributed by atoms with van der Waals surface area (Å²) in [7, 11) is 0. The van der Waals surface area contributed by atoms with Crippen LogP contribution in [0.3, 0.4) is 0 Å². The summed E-state index contributed by atoms with van der Waals surface area (Å²) in [5, 5.41) is 5.67. The molecule has 2 aliphatic rings. The van der Waals surface area contributed by atoms with E-state index in [9.17, 15) is 9.59 Å². The number of hydrogen-bond acceptors (Lipinski definition) is 3. The van der Waals surface area contributed by atoms with Gasteiger partial charge in [-0.2, -0.15) is 0 Å². The van der Waals surface area contributed by atoms with Crippen molar-refractivity contribution in [2.75, 3.05) is 11.9 Å². The topological polar surface area (TPSA) is 67.4 Å². The molecule has 0 saturated heterocycles. The van der Waals surface area contributed by atoms with Gasteiger partial charge in [-0.3, -0.25) is 10.1 Å². The van der Waals surface area contributed by atoms with Gasteiger partial charge >= 0.3 is 6.09 Å². The number of rotatable bonds is 1. The van der Waals surface area contributed by atoms with Crippen LogP contribution in [0.25, 0.3) is 0 Å². The molecule has 0 unspecified atom stereocenters. The van der Waals surface area contributed by atoms with Gasteiger partial charge in [0.1, 0.15) is 5.60 Å². The molecule has 0 radical (unpaired) electrons. The van der Waals surface area contributed by atoms with E-state index in [2.05, 4.69) is 10.6 Å². The average molecular weight is 288 g/mol. The third kappa shape index (κ3) is 2.73. The summed E-state index contributed by atoms with van der Waals surface area (Å²) in [6.07, 6.45) is 1.68. The molecule has 2 amide bonds. The number of anilines is 1. The largest absolute Gasteiger partial charge is 0.444 e. The summed E-state index contributed by atoms with van der Waals surface area (Å²) in [6.45, 7) is 6.16. The van der Waals surface area contributed by atoms with Crippen molar-refractivity contribution in [2.45, 2.75) is 44.6 Å². The lowest BCUT2D eigenvalue weighted by Gasteiger charge is -2.26. The normalized spacial score (nSPS) is 18.7. The Bertz CT molecular complexity index is 612. The molecule has 1 spiro atoms. The van der Waals surface area contributed by atoms with Gasteiger partial charge in [-0.25, -0.2) is 4.79 Å². The van der Waals surface area contributed by atoms with Gasteiger partial charge in [-0.05, 0) is 57.4 Å². The fraction of sp³-hybridized carbons (Fsp3) is 0.500. The van der Waals surface area contributed by atoms with Crippen molar-refractivity contribution in [2.24, 2.45) is 0 Å². The molecule has 1 aromatic rings. The summed E-state index contributed by atoms with van der Waals surface area (Å²) in [5.41, 5.74) is 1.97. The maximum Gasteiger partial charge on any atom is 0.412 e. The van der Waals surface area contributed by atoms with E-state index < -0.39 is 11.7 Å². The van der Waals surface area contributed by atoms with Crippen LogP contribution in [0.2, 0.25) is 0 Å². The van der Waals surface area contributed by atoms with Crippen molar-refractivity contribution < 1.29 is 14.3 Å². The highest BCUT2D eigenvalue weighted by molar-refractivity contribution is 5.98. The number of carbonyl (C=O) groups excluding carboxylic acids is 2. The van der Waals surface area contributed by atoms with Crippen molar-refractivity contribution in [3.8, 4) is 0 Å². The molecule has 5 heteroatoms. The second-order valence-corrected chi connectivity index (χ2v) is 6.85. The van der Waals surface area contributed by atoms with Crippen LogP contribution >= 0.6 is 0 Å². The van der Waals surface area contributed by atoms with Crippen LogP contribution in [0.15, 0.2) is 18.2 Å². The molecule has 0 aromatic heterocycles. The Labute approximate surface area is 124 Å². The van der Waals surface area contributed by atoms with Crippen molar-refractivity contribution in [1.82, 2.24) is 5.32 Å². The Kier molecular flexibility index (Phi) is 2.97. The molecule has 112 valence electrons. The predicted octanol–water partition coefficient (Wildman–Crippen LogP) is 2.81. The van der Waals surface area contributed by atoms with E-state index in [1.807, 2.05) is 26.8 Å². The second-order valence-electron chi connectivity index (χ2n) is 6.85. The molecule has 21 heavy (non-hydrogen) atoms. The van der Waals surface area contributed by atoms with E-state index in [1.165, 1.54) is 0 Å². The van der Waals surface area contributed by atoms with Crippen molar-refractivity contribution in [3.63, 3.8) is 0 Å². The van der Waals surface area contributed by atoms with Gasteiger partial charge in [0.25, 0.3) is 5.91 Å². The molecule has 1 aliphatic heterocycles. The standard InChI is InChI=1S/C16H20N2O3/c1-15(2,3)21-14(20)18-10-4-5-11-12(8-10)16(6-7-16)9-17-13(11)19/h4-5,8H,6-7,9H2,1-3H3,(H,17,19)(H,18,20). The fourth-order valence-electron chi connectivity index (χ4n) is 2.72. The minimum atomic E-state index is -0.532. The number of nitrogens with one attached hydrogen (secondary N) is 2. The van der Waals surface area contributed by atoms with Crippen molar-refractivity contribution in [1.29, 1.82) is 0 Å². The number of carbonyl (C=O) groups is 2. The molecule has 3 rings (SSSR count). The summed E-state index contributed by atoms with van der Waals surface area (Å²) in [4.78, 5) is 23.7. The third-order valence-corrected chi connectivity index (χ3v) is 3.92. The molecule has 0 atom stereocenters. The van der Waals surface area contributed by atoms with Crippen LogP contribution in [-0.4, -0.2) is 24.1 Å². The van der Waals surface area contributed by atoms with E-state index in [1.54, 1.807) is 12.1 Å². The van der Waals surface area contributed by atoms with Crippen LogP contribution in [0.5, 0.6) is 0 Å². The maximum absolute atomic E-state index is 11.9. The minimum Gasteiger partial charge on any atom is -0.444 e. The Morgan fingerprint density at radius 3 is 2.67 bits per heavy atom. The molecule has 1 aliphatic carbocycles. The van der Waals surface area contributed by atoms with Gasteiger partial charge in [-0.1, -0.05) is 0 Å². The van der Waals surface area contributed by atoms with Crippen LogP contribution < -0.4 is 10.6 Å². The van der Waals surface area contributed by atoms with E-state index in [0.717, 1.165) is 18.4 Å². The SMILES string of the molecule is CC(C)(C)OC(=O)Nc1ccc2c(c1)C1(CC1)CNC2=O. The van der Waals surface area contributed by atoms with E-state index >= 15 is 0 Å². The van der Waals surface area contributed by atoms with Crippen LogP contribution in [0.1, 0.15) is 49.5 Å². The molecule has 5 nitrogen and oxygen atoms in total. The van der Waals surface area contributed by atoms with Crippen LogP contribution in [0, 0.1) is 0 Å². The van der Waals surface area contributed by atoms with Crippen LogP contribution in [-0.2, 0) is 10.2 Å². The van der Waals surface area contributed by atoms with Gasteiger partial charge in [0, 0.05) is 23.2 Å². The lowest BCUT2D eigenvalue weighted by atomic mass is 9.87. The van der Waals surface area contributed by atoms with Gasteiger partial charge in [0.05, 0.1) is 0 Å². The number of ether oxygens (including phenoxy) is 1. The summed E-state index contributed by atoms with van der Waals surface area (Å²) >= 11 is 0. The molecule has 2 N–H and O–H groups in total. The zero-order valence-electron chi connectivity index (χ0n) is 12.6. The highest BCUT2D eigenvalue weighted by Crippen LogP contribution is 2.50. The Hall–Kier alpha value is -2.04. The smallest absolute Gasteiger partial charge is 0.412 e. The Morgan fingerprint density at radius 1 is 1.33 bits per heavy atom. The number of amides is 2. The Morgan fingerprint density at radius 2 is 2.05 bits per heavy atom. The van der Waals surface area contributed by atoms with Gasteiger partial charge in [-0.15, -0.1) is 0 Å². The zero-order valence-corrected chi connectivity index (χ0v) is 12.6. The molecule has 1 fully saturated rings. The fourth-order valence-corrected chi connectivity index (χ4v) is 2.72. The molecular formula is C16H20N2O3. The number of fused-ring (bicyclic) bond motifs is 2. The van der Waals surface area contributed by atoms with Crippen molar-refractivity contribution >= 4 is 17.7 Å². The molecular weight excluding hydrogens is 268 g/mol. The lowest BCUT2D eigenvalue weighted by molar-refractivity contribution is 0.0636. The van der Waals surface area contributed by atoms with E-state index in [-0.39, 0.29) is 11.3 Å². The first-order valence-corrected chi connectivity index (χ1v) is 7.22. The summed E-state index contributed by atoms with van der Waals surface area (Å²) in [5.74, 6) is -0.0358. The molecule has 1 aromatic carbocycles. The first kappa shape index (κ1) is 13.9. The number of hydrogen-bond donors (Lipinski definition) is 2. The van der Waals surface area contributed by atoms with Crippen molar-refractivity contribution in [3.05, 3.63) is 29.3 Å². The predicted molar refractivity (Wildman–Crippen MR) is 79.5 cm³/mol. The van der Waals surface area contributed by atoms with Gasteiger partial charge in [0.15, 0.2) is 0 Å².